The Morgan fingerprint density at radius 2 is 1.81 bits per heavy atom. The van der Waals surface area contributed by atoms with E-state index in [0.717, 1.165) is 57.1 Å². The van der Waals surface area contributed by atoms with E-state index in [1.807, 2.05) is 6.92 Å². The van der Waals surface area contributed by atoms with E-state index in [1.54, 1.807) is 6.92 Å². The molecule has 0 radical (unpaired) electrons. The maximum absolute atomic E-state index is 12.9. The highest BCUT2D eigenvalue weighted by Crippen LogP contribution is 2.46. The maximum atomic E-state index is 12.9. The minimum absolute atomic E-state index is 0.359. The molecule has 0 unspecified atom stereocenters. The van der Waals surface area contributed by atoms with Gasteiger partial charge in [-0.1, -0.05) is 6.92 Å². The monoisotopic (exact) mass is 402 g/mol. The molecule has 0 aliphatic carbocycles. The highest BCUT2D eigenvalue weighted by atomic mass is 32.2. The van der Waals surface area contributed by atoms with Gasteiger partial charge in [0.1, 0.15) is 0 Å². The summed E-state index contributed by atoms with van der Waals surface area (Å²) in [6, 6.07) is 0.656. The van der Waals surface area contributed by atoms with Crippen LogP contribution in [-0.4, -0.2) is 64.6 Å². The third kappa shape index (κ3) is 3.83. The van der Waals surface area contributed by atoms with E-state index in [4.69, 9.17) is 4.74 Å². The normalized spacial score (nSPS) is 24.0. The summed E-state index contributed by atoms with van der Waals surface area (Å²) in [5, 5.41) is 0. The lowest BCUT2D eigenvalue weighted by atomic mass is 9.73. The molecule has 0 amide bonds. The number of halogens is 3. The van der Waals surface area contributed by atoms with Gasteiger partial charge in [-0.3, -0.25) is 4.90 Å². The lowest BCUT2D eigenvalue weighted by Gasteiger charge is -2.62. The number of ether oxygens (including phenoxy) is 1. The Bertz CT molecular complexity index is 695. The number of rotatable bonds is 4. The first-order chi connectivity index (χ1) is 12.8. The Morgan fingerprint density at radius 1 is 1.15 bits per heavy atom. The van der Waals surface area contributed by atoms with Crippen LogP contribution in [0.3, 0.4) is 0 Å². The van der Waals surface area contributed by atoms with E-state index in [9.17, 15) is 13.2 Å². The average Bonchev–Trinajstić information content (AvgIpc) is 2.56. The number of aryl methyl sites for hydroxylation is 2. The standard InChI is InChI=1S/C18H25F3N4OS/c1-3-14-15(12(2)22-16(23-14)18(19,20)21)27-25-10-17(11-25)8-24(9-17)13-4-6-26-7-5-13/h13H,3-11H2,1-2H3. The first-order valence-corrected chi connectivity index (χ1v) is 10.3. The molecular weight excluding hydrogens is 377 g/mol. The number of hydrogen-bond acceptors (Lipinski definition) is 6. The third-order valence-corrected chi connectivity index (χ3v) is 6.95. The molecule has 3 fully saturated rings. The fourth-order valence-electron chi connectivity index (χ4n) is 4.33. The van der Waals surface area contributed by atoms with Crippen LogP contribution in [0.1, 0.15) is 37.0 Å². The second-order valence-corrected chi connectivity index (χ2v) is 9.00. The molecule has 3 saturated heterocycles. The molecule has 0 aromatic carbocycles. The van der Waals surface area contributed by atoms with Crippen LogP contribution in [0.25, 0.3) is 0 Å². The molecule has 0 atom stereocenters. The zero-order valence-corrected chi connectivity index (χ0v) is 16.5. The van der Waals surface area contributed by atoms with Crippen LogP contribution in [0.15, 0.2) is 4.90 Å². The van der Waals surface area contributed by atoms with E-state index in [0.29, 0.717) is 29.3 Å². The van der Waals surface area contributed by atoms with Crippen molar-refractivity contribution >= 4 is 11.9 Å². The van der Waals surface area contributed by atoms with Crippen LogP contribution in [-0.2, 0) is 17.3 Å². The molecule has 27 heavy (non-hydrogen) atoms. The topological polar surface area (TPSA) is 41.5 Å². The zero-order chi connectivity index (χ0) is 19.2. The van der Waals surface area contributed by atoms with Crippen molar-refractivity contribution in [3.63, 3.8) is 0 Å². The molecule has 9 heteroatoms. The molecule has 4 heterocycles. The van der Waals surface area contributed by atoms with Crippen molar-refractivity contribution in [1.82, 2.24) is 19.2 Å². The number of hydrogen-bond donors (Lipinski definition) is 0. The largest absolute Gasteiger partial charge is 0.451 e. The van der Waals surface area contributed by atoms with Crippen LogP contribution >= 0.6 is 11.9 Å². The molecule has 4 rings (SSSR count). The van der Waals surface area contributed by atoms with Gasteiger partial charge in [-0.2, -0.15) is 13.2 Å². The van der Waals surface area contributed by atoms with Gasteiger partial charge >= 0.3 is 6.18 Å². The third-order valence-electron chi connectivity index (χ3n) is 5.72. The Labute approximate surface area is 161 Å². The van der Waals surface area contributed by atoms with Crippen LogP contribution in [0.2, 0.25) is 0 Å². The predicted octanol–water partition coefficient (Wildman–Crippen LogP) is 3.17. The van der Waals surface area contributed by atoms with E-state index in [1.165, 1.54) is 11.9 Å². The molecule has 1 spiro atoms. The smallest absolute Gasteiger partial charge is 0.381 e. The van der Waals surface area contributed by atoms with Gasteiger partial charge in [0.2, 0.25) is 5.82 Å². The summed E-state index contributed by atoms with van der Waals surface area (Å²) in [6.07, 6.45) is -1.80. The van der Waals surface area contributed by atoms with Crippen LogP contribution in [0, 0.1) is 12.3 Å². The summed E-state index contributed by atoms with van der Waals surface area (Å²) >= 11 is 1.52. The van der Waals surface area contributed by atoms with Gasteiger partial charge in [0.15, 0.2) is 0 Å². The van der Waals surface area contributed by atoms with Crippen molar-refractivity contribution in [3.8, 4) is 0 Å². The molecule has 3 aliphatic rings. The number of likely N-dealkylation sites (tertiary alicyclic amines) is 1. The summed E-state index contributed by atoms with van der Waals surface area (Å²) in [4.78, 5) is 10.8. The Morgan fingerprint density at radius 3 is 2.41 bits per heavy atom. The number of aromatic nitrogens is 2. The van der Waals surface area contributed by atoms with E-state index < -0.39 is 12.0 Å². The molecule has 0 bridgehead atoms. The van der Waals surface area contributed by atoms with E-state index in [2.05, 4.69) is 19.2 Å². The molecule has 1 aromatic rings. The van der Waals surface area contributed by atoms with Crippen LogP contribution in [0.5, 0.6) is 0 Å². The SMILES string of the molecule is CCc1nc(C(F)(F)F)nc(C)c1SN1CC2(C1)CN(C1CCOCC1)C2. The molecule has 1 aromatic heterocycles. The summed E-state index contributed by atoms with van der Waals surface area (Å²) < 4.78 is 46.5. The van der Waals surface area contributed by atoms with E-state index >= 15 is 0 Å². The van der Waals surface area contributed by atoms with Crippen molar-refractivity contribution < 1.29 is 17.9 Å². The summed E-state index contributed by atoms with van der Waals surface area (Å²) in [5.74, 6) is -1.03. The lowest BCUT2D eigenvalue weighted by Crippen LogP contribution is -2.72. The summed E-state index contributed by atoms with van der Waals surface area (Å²) in [7, 11) is 0. The molecule has 150 valence electrons. The Hall–Kier alpha value is -0.900. The maximum Gasteiger partial charge on any atom is 0.451 e. The molecule has 3 aliphatic heterocycles. The number of nitrogens with zero attached hydrogens (tertiary/aromatic N) is 4. The van der Waals surface area contributed by atoms with Crippen LogP contribution in [0.4, 0.5) is 13.2 Å². The van der Waals surface area contributed by atoms with Gasteiger partial charge in [-0.25, -0.2) is 14.3 Å². The average molecular weight is 402 g/mol. The molecule has 5 nitrogen and oxygen atoms in total. The fraction of sp³-hybridized carbons (Fsp3) is 0.778. The Balaban J connectivity index is 1.35. The van der Waals surface area contributed by atoms with Gasteiger partial charge in [0.25, 0.3) is 0 Å². The highest BCUT2D eigenvalue weighted by Gasteiger charge is 2.53. The first-order valence-electron chi connectivity index (χ1n) is 9.49. The van der Waals surface area contributed by atoms with Crippen molar-refractivity contribution in [2.45, 2.75) is 50.2 Å². The summed E-state index contributed by atoms with van der Waals surface area (Å²) in [5.41, 5.74) is 1.26. The first kappa shape index (κ1) is 19.4. The molecule has 0 saturated carbocycles. The highest BCUT2D eigenvalue weighted by molar-refractivity contribution is 7.97. The Kier molecular flexibility index (Phi) is 5.15. The van der Waals surface area contributed by atoms with Crippen molar-refractivity contribution in [2.24, 2.45) is 5.41 Å². The van der Waals surface area contributed by atoms with Gasteiger partial charge in [0.05, 0.1) is 16.3 Å². The fourth-order valence-corrected chi connectivity index (χ4v) is 5.73. The quantitative estimate of drug-likeness (QED) is 0.721. The molecule has 0 N–H and O–H groups in total. The number of alkyl halides is 3. The second-order valence-electron chi connectivity index (χ2n) is 7.90. The molecular formula is C18H25F3N4OS. The lowest BCUT2D eigenvalue weighted by molar-refractivity contribution is -0.145. The van der Waals surface area contributed by atoms with Gasteiger partial charge in [0, 0.05) is 50.8 Å². The van der Waals surface area contributed by atoms with Crippen molar-refractivity contribution in [2.75, 3.05) is 39.4 Å². The van der Waals surface area contributed by atoms with Gasteiger partial charge in [-0.15, -0.1) is 0 Å². The van der Waals surface area contributed by atoms with Gasteiger partial charge in [-0.05, 0) is 38.1 Å². The predicted molar refractivity (Wildman–Crippen MR) is 96.4 cm³/mol. The minimum atomic E-state index is -4.50. The van der Waals surface area contributed by atoms with Crippen molar-refractivity contribution in [1.29, 1.82) is 0 Å². The second kappa shape index (κ2) is 7.17. The van der Waals surface area contributed by atoms with E-state index in [-0.39, 0.29) is 0 Å². The van der Waals surface area contributed by atoms with Crippen molar-refractivity contribution in [3.05, 3.63) is 17.2 Å². The van der Waals surface area contributed by atoms with Crippen LogP contribution < -0.4 is 0 Å². The van der Waals surface area contributed by atoms with Gasteiger partial charge < -0.3 is 4.74 Å². The zero-order valence-electron chi connectivity index (χ0n) is 15.7. The summed E-state index contributed by atoms with van der Waals surface area (Å²) in [6.45, 7) is 9.40. The minimum Gasteiger partial charge on any atom is -0.381 e.